The van der Waals surface area contributed by atoms with Crippen molar-refractivity contribution in [2.24, 2.45) is 5.92 Å². The minimum Gasteiger partial charge on any atom is -0.453 e. The van der Waals surface area contributed by atoms with Gasteiger partial charge in [-0.25, -0.2) is 19.6 Å². The molecule has 1 spiro atoms. The van der Waals surface area contributed by atoms with Crippen molar-refractivity contribution in [3.8, 4) is 33.6 Å². The van der Waals surface area contributed by atoms with Crippen LogP contribution < -0.4 is 5.32 Å². The van der Waals surface area contributed by atoms with Crippen molar-refractivity contribution in [1.82, 2.24) is 35.1 Å². The third-order valence-electron chi connectivity index (χ3n) is 11.0. The number of imidazole rings is 2. The van der Waals surface area contributed by atoms with Crippen LogP contribution in [0.15, 0.2) is 91.3 Å². The van der Waals surface area contributed by atoms with Crippen LogP contribution in [0, 0.1) is 5.92 Å². The molecule has 12 nitrogen and oxygen atoms in total. The molecule has 0 bridgehead atoms. The highest BCUT2D eigenvalue weighted by Crippen LogP contribution is 2.55. The topological polar surface area (TPSA) is 146 Å². The summed E-state index contributed by atoms with van der Waals surface area (Å²) in [5.41, 5.74) is 6.88. The zero-order valence-electron chi connectivity index (χ0n) is 32.3. The van der Waals surface area contributed by atoms with Gasteiger partial charge >= 0.3 is 12.2 Å². The Labute approximate surface area is 340 Å². The fourth-order valence-electron chi connectivity index (χ4n) is 7.97. The number of amides is 3. The van der Waals surface area contributed by atoms with Gasteiger partial charge in [0, 0.05) is 31.0 Å². The van der Waals surface area contributed by atoms with Gasteiger partial charge in [0.25, 0.3) is 0 Å². The van der Waals surface area contributed by atoms with E-state index < -0.39 is 12.1 Å². The van der Waals surface area contributed by atoms with Gasteiger partial charge in [0.05, 0.1) is 47.1 Å². The van der Waals surface area contributed by atoms with Gasteiger partial charge in [0.15, 0.2) is 0 Å². The maximum atomic E-state index is 13.6. The molecule has 3 amide bonds. The molecule has 3 fully saturated rings. The van der Waals surface area contributed by atoms with Crippen LogP contribution in [-0.4, -0.2) is 89.7 Å². The van der Waals surface area contributed by atoms with Crippen LogP contribution in [0.4, 0.5) is 9.59 Å². The standard InChI is InChI=1S/C43H47N7O5S2/c1-27(2)37(48-41(52)54-3)40(51)49-19-7-10-35(49)38-44-23-33(46-38)31-15-11-29(12-16-31)30-13-17-32(18-14-30)34-24-45-39(47-34)36-22-43(56-20-21-57-43)26-50(36)42(53)55-25-28-8-5-4-6-9-28/h4-6,8-9,11-18,23-24,27,35-37H,7,10,19-22,25-26H2,1-3H3,(H,44,46)(H,45,47)(H,48,52)/t35-,36-,37-/m0/s1. The lowest BCUT2D eigenvalue weighted by Crippen LogP contribution is -2.51. The highest BCUT2D eigenvalue weighted by Gasteiger charge is 2.51. The van der Waals surface area contributed by atoms with Crippen molar-refractivity contribution in [2.45, 2.75) is 61.9 Å². The average molecular weight is 806 g/mol. The maximum absolute atomic E-state index is 13.6. The molecule has 3 N–H and O–H groups in total. The van der Waals surface area contributed by atoms with Crippen molar-refractivity contribution >= 4 is 41.6 Å². The minimum atomic E-state index is -0.681. The number of aromatic amines is 2. The van der Waals surface area contributed by atoms with Gasteiger partial charge in [0.1, 0.15) is 24.3 Å². The second-order valence-corrected chi connectivity index (χ2v) is 18.3. The van der Waals surface area contributed by atoms with Gasteiger partial charge < -0.3 is 29.7 Å². The van der Waals surface area contributed by atoms with E-state index in [4.69, 9.17) is 14.5 Å². The van der Waals surface area contributed by atoms with Crippen LogP contribution >= 0.6 is 23.5 Å². The first-order valence-electron chi connectivity index (χ1n) is 19.4. The molecular weight excluding hydrogens is 759 g/mol. The van der Waals surface area contributed by atoms with Gasteiger partial charge in [0.2, 0.25) is 5.91 Å². The first-order valence-corrected chi connectivity index (χ1v) is 21.4. The molecule has 0 aliphatic carbocycles. The van der Waals surface area contributed by atoms with E-state index in [0.29, 0.717) is 13.1 Å². The number of benzene rings is 3. The Morgan fingerprint density at radius 2 is 1.40 bits per heavy atom. The fraction of sp³-hybridized carbons (Fsp3) is 0.372. The zero-order chi connectivity index (χ0) is 39.5. The average Bonchev–Trinajstić information content (AvgIpc) is 4.10. The number of ether oxygens (including phenoxy) is 2. The van der Waals surface area contributed by atoms with Crippen LogP contribution in [-0.2, 0) is 20.9 Å². The number of nitrogens with zero attached hydrogens (tertiary/aromatic N) is 4. The predicted molar refractivity (Wildman–Crippen MR) is 223 cm³/mol. The van der Waals surface area contributed by atoms with Crippen LogP contribution in [0.5, 0.6) is 0 Å². The monoisotopic (exact) mass is 805 g/mol. The number of likely N-dealkylation sites (tertiary alicyclic amines) is 2. The molecule has 2 aromatic heterocycles. The lowest BCUT2D eigenvalue weighted by molar-refractivity contribution is -0.135. The second-order valence-electron chi connectivity index (χ2n) is 15.1. The Balaban J connectivity index is 0.925. The highest BCUT2D eigenvalue weighted by molar-refractivity contribution is 8.21. The Bertz CT molecular complexity index is 2180. The normalized spacial score (nSPS) is 19.3. The Morgan fingerprint density at radius 1 is 0.825 bits per heavy atom. The Hall–Kier alpha value is -5.21. The maximum Gasteiger partial charge on any atom is 0.410 e. The third kappa shape index (κ3) is 8.29. The molecule has 14 heteroatoms. The van der Waals surface area contributed by atoms with Gasteiger partial charge in [-0.1, -0.05) is 92.7 Å². The third-order valence-corrected chi connectivity index (χ3v) is 14.4. The first-order chi connectivity index (χ1) is 27.7. The van der Waals surface area contributed by atoms with Gasteiger partial charge in [-0.3, -0.25) is 9.69 Å². The molecule has 3 atom stereocenters. The summed E-state index contributed by atoms with van der Waals surface area (Å²) < 4.78 is 10.5. The van der Waals surface area contributed by atoms with E-state index in [2.05, 4.69) is 68.8 Å². The van der Waals surface area contributed by atoms with E-state index in [-0.39, 0.29) is 40.7 Å². The van der Waals surface area contributed by atoms with Crippen LogP contribution in [0.2, 0.25) is 0 Å². The number of hydrogen-bond acceptors (Lipinski definition) is 9. The first kappa shape index (κ1) is 38.7. The highest BCUT2D eigenvalue weighted by atomic mass is 32.2. The Kier molecular flexibility index (Phi) is 11.3. The summed E-state index contributed by atoms with van der Waals surface area (Å²) in [5.74, 6) is 3.43. The summed E-state index contributed by atoms with van der Waals surface area (Å²) >= 11 is 3.88. The van der Waals surface area contributed by atoms with Crippen LogP contribution in [0.25, 0.3) is 33.6 Å². The van der Waals surface area contributed by atoms with Crippen LogP contribution in [0.1, 0.15) is 62.4 Å². The molecule has 0 saturated carbocycles. The largest absolute Gasteiger partial charge is 0.453 e. The van der Waals surface area contributed by atoms with E-state index in [1.54, 1.807) is 0 Å². The van der Waals surface area contributed by atoms with Gasteiger partial charge in [-0.05, 0) is 46.6 Å². The molecule has 0 unspecified atom stereocenters. The molecule has 296 valence electrons. The second kappa shape index (κ2) is 16.7. The van der Waals surface area contributed by atoms with Crippen molar-refractivity contribution < 1.29 is 23.9 Å². The SMILES string of the molecule is COC(=O)N[C@H](C(=O)N1CCC[C@H]1c1ncc(-c2ccc(-c3ccc(-c4cnc([C@@H]5CC6(CN5C(=O)OCc5ccccc5)SCCS6)[nH]4)cc3)cc2)[nH]1)C(C)C. The number of carbonyl (C=O) groups excluding carboxylic acids is 3. The number of rotatable bonds is 10. The molecule has 8 rings (SSSR count). The minimum absolute atomic E-state index is 0.0409. The van der Waals surface area contributed by atoms with E-state index >= 15 is 0 Å². The quantitative estimate of drug-likeness (QED) is 0.127. The summed E-state index contributed by atoms with van der Waals surface area (Å²) in [5, 5.41) is 2.70. The van der Waals surface area contributed by atoms with E-state index in [9.17, 15) is 14.4 Å². The zero-order valence-corrected chi connectivity index (χ0v) is 33.9. The fourth-order valence-corrected chi connectivity index (χ4v) is 11.2. The van der Waals surface area contributed by atoms with E-state index in [1.807, 2.05) is 89.9 Å². The smallest absolute Gasteiger partial charge is 0.410 e. The molecule has 3 aliphatic heterocycles. The van der Waals surface area contributed by atoms with Crippen molar-refractivity contribution in [2.75, 3.05) is 31.7 Å². The van der Waals surface area contributed by atoms with Crippen molar-refractivity contribution in [3.63, 3.8) is 0 Å². The molecule has 3 aromatic carbocycles. The number of thioether (sulfide) groups is 2. The number of H-pyrrole nitrogens is 2. The lowest BCUT2D eigenvalue weighted by Gasteiger charge is -2.30. The Morgan fingerprint density at radius 3 is 1.98 bits per heavy atom. The molecule has 0 radical (unpaired) electrons. The summed E-state index contributed by atoms with van der Waals surface area (Å²) in [6.45, 7) is 5.28. The molecule has 3 saturated heterocycles. The number of hydrogen-bond donors (Lipinski definition) is 3. The molecule has 57 heavy (non-hydrogen) atoms. The van der Waals surface area contributed by atoms with E-state index in [1.165, 1.54) is 7.11 Å². The van der Waals surface area contributed by atoms with Gasteiger partial charge in [-0.15, -0.1) is 23.5 Å². The number of nitrogens with one attached hydrogen (secondary N) is 3. The lowest BCUT2D eigenvalue weighted by atomic mass is 10.0. The summed E-state index contributed by atoms with van der Waals surface area (Å²) in [6, 6.07) is 25.4. The molecule has 3 aliphatic rings. The number of aromatic nitrogens is 4. The van der Waals surface area contributed by atoms with Crippen LogP contribution in [0.3, 0.4) is 0 Å². The van der Waals surface area contributed by atoms with E-state index in [0.717, 1.165) is 81.6 Å². The van der Waals surface area contributed by atoms with Gasteiger partial charge in [-0.2, -0.15) is 0 Å². The van der Waals surface area contributed by atoms with Crippen molar-refractivity contribution in [1.29, 1.82) is 0 Å². The molecule has 5 heterocycles. The van der Waals surface area contributed by atoms with Crippen molar-refractivity contribution in [3.05, 3.63) is 108 Å². The predicted octanol–water partition coefficient (Wildman–Crippen LogP) is 8.44. The number of methoxy groups -OCH3 is 1. The number of carbonyl (C=O) groups is 3. The summed E-state index contributed by atoms with van der Waals surface area (Å²) in [4.78, 5) is 59.1. The summed E-state index contributed by atoms with van der Waals surface area (Å²) in [7, 11) is 1.30. The summed E-state index contributed by atoms with van der Waals surface area (Å²) in [6.07, 6.45) is 5.20. The molecule has 5 aromatic rings. The number of alkyl carbamates (subject to hydrolysis) is 1. The molecular formula is C43H47N7O5S2.